The second-order valence-corrected chi connectivity index (χ2v) is 4.51. The van der Waals surface area contributed by atoms with Crippen molar-refractivity contribution < 1.29 is 13.2 Å². The van der Waals surface area contributed by atoms with Crippen molar-refractivity contribution in [2.75, 3.05) is 0 Å². The highest BCUT2D eigenvalue weighted by atomic mass is 32.1. The van der Waals surface area contributed by atoms with Gasteiger partial charge in [0, 0.05) is 5.39 Å². The molecular weight excluding hydrogens is 249 g/mol. The van der Waals surface area contributed by atoms with Crippen LogP contribution < -0.4 is 0 Å². The summed E-state index contributed by atoms with van der Waals surface area (Å²) in [6, 6.07) is 7.09. The van der Waals surface area contributed by atoms with Gasteiger partial charge in [-0.3, -0.25) is 4.98 Å². The lowest BCUT2D eigenvalue weighted by Gasteiger charge is -1.98. The summed E-state index contributed by atoms with van der Waals surface area (Å²) in [5.41, 5.74) is 0.971. The van der Waals surface area contributed by atoms with E-state index in [9.17, 15) is 13.2 Å². The maximum Gasteiger partial charge on any atom is 0.443 e. The molecule has 1 aromatic carbocycles. The van der Waals surface area contributed by atoms with Crippen LogP contribution in [0.25, 0.3) is 21.1 Å². The number of benzene rings is 1. The standard InChI is InChI=1S/C11H5F3N2S/c12-11(13,14)10-16-8-5-15-7-4-2-1-3-6(7)9(8)17-10/h1-5H. The van der Waals surface area contributed by atoms with Crippen molar-refractivity contribution in [1.29, 1.82) is 0 Å². The fourth-order valence-electron chi connectivity index (χ4n) is 1.64. The van der Waals surface area contributed by atoms with E-state index in [1.54, 1.807) is 24.3 Å². The molecule has 0 saturated carbocycles. The van der Waals surface area contributed by atoms with Crippen LogP contribution >= 0.6 is 11.3 Å². The van der Waals surface area contributed by atoms with E-state index >= 15 is 0 Å². The van der Waals surface area contributed by atoms with E-state index in [2.05, 4.69) is 9.97 Å². The van der Waals surface area contributed by atoms with Gasteiger partial charge in [0.2, 0.25) is 0 Å². The maximum absolute atomic E-state index is 12.6. The number of halogens is 3. The predicted molar refractivity (Wildman–Crippen MR) is 59.9 cm³/mol. The lowest BCUT2D eigenvalue weighted by molar-refractivity contribution is -0.137. The third kappa shape index (κ3) is 1.64. The molecule has 2 heterocycles. The van der Waals surface area contributed by atoms with Crippen LogP contribution in [0.4, 0.5) is 13.2 Å². The Morgan fingerprint density at radius 3 is 2.59 bits per heavy atom. The average molecular weight is 254 g/mol. The molecule has 0 fully saturated rings. The van der Waals surface area contributed by atoms with Crippen molar-refractivity contribution >= 4 is 32.5 Å². The smallest absolute Gasteiger partial charge is 0.254 e. The molecule has 0 aliphatic rings. The molecule has 86 valence electrons. The topological polar surface area (TPSA) is 25.8 Å². The van der Waals surface area contributed by atoms with Gasteiger partial charge in [-0.05, 0) is 6.07 Å². The summed E-state index contributed by atoms with van der Waals surface area (Å²) in [7, 11) is 0. The first-order chi connectivity index (χ1) is 8.05. The monoisotopic (exact) mass is 254 g/mol. The number of pyridine rings is 1. The first kappa shape index (κ1) is 10.5. The Kier molecular flexibility index (Phi) is 2.09. The van der Waals surface area contributed by atoms with Gasteiger partial charge in [0.05, 0.1) is 16.4 Å². The molecule has 0 amide bonds. The second-order valence-electron chi connectivity index (χ2n) is 3.51. The average Bonchev–Trinajstić information content (AvgIpc) is 2.72. The predicted octanol–water partition coefficient (Wildman–Crippen LogP) is 3.86. The van der Waals surface area contributed by atoms with Crippen LogP contribution in [0.15, 0.2) is 30.5 Å². The number of rotatable bonds is 0. The summed E-state index contributed by atoms with van der Waals surface area (Å²) in [6.45, 7) is 0. The highest BCUT2D eigenvalue weighted by molar-refractivity contribution is 7.19. The number of hydrogen-bond acceptors (Lipinski definition) is 3. The van der Waals surface area contributed by atoms with E-state index < -0.39 is 11.2 Å². The van der Waals surface area contributed by atoms with Crippen molar-refractivity contribution in [2.45, 2.75) is 6.18 Å². The van der Waals surface area contributed by atoms with Crippen LogP contribution in [-0.4, -0.2) is 9.97 Å². The first-order valence-electron chi connectivity index (χ1n) is 4.77. The van der Waals surface area contributed by atoms with Crippen LogP contribution in [0.2, 0.25) is 0 Å². The fourth-order valence-corrected chi connectivity index (χ4v) is 2.58. The molecule has 0 aliphatic heterocycles. The highest BCUT2D eigenvalue weighted by Crippen LogP contribution is 2.37. The van der Waals surface area contributed by atoms with Gasteiger partial charge < -0.3 is 0 Å². The van der Waals surface area contributed by atoms with Crippen LogP contribution in [0.1, 0.15) is 5.01 Å². The first-order valence-corrected chi connectivity index (χ1v) is 5.59. The van der Waals surface area contributed by atoms with E-state index in [1.165, 1.54) is 6.20 Å². The molecule has 3 rings (SSSR count). The minimum absolute atomic E-state index is 0.293. The Bertz CT molecular complexity index is 703. The molecule has 2 nitrogen and oxygen atoms in total. The summed E-state index contributed by atoms with van der Waals surface area (Å²) in [6.07, 6.45) is -3.02. The molecular formula is C11H5F3N2S. The molecule has 17 heavy (non-hydrogen) atoms. The van der Waals surface area contributed by atoms with Crippen molar-refractivity contribution in [3.05, 3.63) is 35.5 Å². The minimum atomic E-state index is -4.40. The third-order valence-corrected chi connectivity index (χ3v) is 3.52. The molecule has 0 radical (unpaired) electrons. The number of hydrogen-bond donors (Lipinski definition) is 0. The van der Waals surface area contributed by atoms with E-state index in [1.807, 2.05) is 0 Å². The van der Waals surface area contributed by atoms with Gasteiger partial charge in [-0.2, -0.15) is 13.2 Å². The van der Waals surface area contributed by atoms with Crippen LogP contribution in [0, 0.1) is 0 Å². The molecule has 0 aliphatic carbocycles. The van der Waals surface area contributed by atoms with Gasteiger partial charge in [0.25, 0.3) is 0 Å². The van der Waals surface area contributed by atoms with E-state index in [0.717, 1.165) is 0 Å². The van der Waals surface area contributed by atoms with Crippen LogP contribution in [-0.2, 0) is 6.18 Å². The van der Waals surface area contributed by atoms with Crippen molar-refractivity contribution in [2.24, 2.45) is 0 Å². The Morgan fingerprint density at radius 1 is 1.06 bits per heavy atom. The van der Waals surface area contributed by atoms with E-state index in [-0.39, 0.29) is 0 Å². The number of alkyl halides is 3. The Labute approximate surface area is 97.7 Å². The number of aromatic nitrogens is 2. The number of thiazole rings is 1. The Hall–Kier alpha value is -1.69. The molecule has 0 atom stereocenters. The molecule has 0 spiro atoms. The lowest BCUT2D eigenvalue weighted by atomic mass is 10.2. The van der Waals surface area contributed by atoms with Gasteiger partial charge >= 0.3 is 6.18 Å². The number of nitrogens with zero attached hydrogens (tertiary/aromatic N) is 2. The molecule has 2 aromatic heterocycles. The zero-order valence-electron chi connectivity index (χ0n) is 8.32. The van der Waals surface area contributed by atoms with Gasteiger partial charge in [0.15, 0.2) is 5.01 Å². The second kappa shape index (κ2) is 3.40. The molecule has 6 heteroatoms. The van der Waals surface area contributed by atoms with Gasteiger partial charge in [-0.15, -0.1) is 11.3 Å². The fraction of sp³-hybridized carbons (Fsp3) is 0.0909. The van der Waals surface area contributed by atoms with E-state index in [0.29, 0.717) is 32.5 Å². The third-order valence-electron chi connectivity index (χ3n) is 2.37. The zero-order chi connectivity index (χ0) is 12.0. The zero-order valence-corrected chi connectivity index (χ0v) is 9.14. The summed E-state index contributed by atoms with van der Waals surface area (Å²) in [5, 5.41) is -0.122. The van der Waals surface area contributed by atoms with Crippen LogP contribution in [0.3, 0.4) is 0 Å². The van der Waals surface area contributed by atoms with Gasteiger partial charge in [-0.1, -0.05) is 18.2 Å². The molecule has 0 unspecified atom stereocenters. The minimum Gasteiger partial charge on any atom is -0.254 e. The summed E-state index contributed by atoms with van der Waals surface area (Å²) >= 11 is 0.658. The van der Waals surface area contributed by atoms with Crippen molar-refractivity contribution in [3.8, 4) is 0 Å². The summed E-state index contributed by atoms with van der Waals surface area (Å²) in [4.78, 5) is 7.65. The van der Waals surface area contributed by atoms with Crippen molar-refractivity contribution in [3.63, 3.8) is 0 Å². The maximum atomic E-state index is 12.6. The van der Waals surface area contributed by atoms with E-state index in [4.69, 9.17) is 0 Å². The van der Waals surface area contributed by atoms with Crippen molar-refractivity contribution in [1.82, 2.24) is 9.97 Å². The van der Waals surface area contributed by atoms with Gasteiger partial charge in [0.1, 0.15) is 5.52 Å². The Balaban J connectivity index is 2.39. The van der Waals surface area contributed by atoms with Gasteiger partial charge in [-0.25, -0.2) is 4.98 Å². The Morgan fingerprint density at radius 2 is 1.82 bits per heavy atom. The highest BCUT2D eigenvalue weighted by Gasteiger charge is 2.35. The largest absolute Gasteiger partial charge is 0.443 e. The molecule has 0 N–H and O–H groups in total. The summed E-state index contributed by atoms with van der Waals surface area (Å²) in [5.74, 6) is 0. The number of para-hydroxylation sites is 1. The summed E-state index contributed by atoms with van der Waals surface area (Å²) < 4.78 is 38.2. The SMILES string of the molecule is FC(F)(F)c1nc2cnc3ccccc3c2s1. The molecule has 3 aromatic rings. The quantitative estimate of drug-likeness (QED) is 0.608. The van der Waals surface area contributed by atoms with Crippen LogP contribution in [0.5, 0.6) is 0 Å². The molecule has 0 bridgehead atoms. The lowest BCUT2D eigenvalue weighted by Crippen LogP contribution is -2.03. The normalized spacial score (nSPS) is 12.4. The number of fused-ring (bicyclic) bond motifs is 3. The molecule has 0 saturated heterocycles.